The Labute approximate surface area is 151 Å². The molecule has 2 amide bonds. The lowest BCUT2D eigenvalue weighted by Crippen LogP contribution is -2.14. The molecule has 1 aromatic heterocycles. The number of hydrogen-bond acceptors (Lipinski definition) is 4. The fourth-order valence-corrected chi connectivity index (χ4v) is 3.40. The highest BCUT2D eigenvalue weighted by atomic mass is 79.9. The van der Waals surface area contributed by atoms with Gasteiger partial charge in [-0.25, -0.2) is 4.98 Å². The molecule has 2 N–H and O–H groups in total. The largest absolute Gasteiger partial charge is 0.326 e. The summed E-state index contributed by atoms with van der Waals surface area (Å²) >= 11 is 4.75. The average molecular weight is 404 g/mol. The van der Waals surface area contributed by atoms with Gasteiger partial charge >= 0.3 is 0 Å². The van der Waals surface area contributed by atoms with Crippen molar-refractivity contribution in [1.29, 1.82) is 0 Å². The van der Waals surface area contributed by atoms with Gasteiger partial charge in [-0.3, -0.25) is 9.59 Å². The molecule has 0 saturated carbocycles. The van der Waals surface area contributed by atoms with Crippen molar-refractivity contribution in [3.8, 4) is 0 Å². The van der Waals surface area contributed by atoms with E-state index in [0.717, 1.165) is 20.3 Å². The Morgan fingerprint density at radius 3 is 2.58 bits per heavy atom. The third kappa shape index (κ3) is 4.18. The topological polar surface area (TPSA) is 71.1 Å². The van der Waals surface area contributed by atoms with Crippen molar-refractivity contribution in [2.45, 2.75) is 13.3 Å². The van der Waals surface area contributed by atoms with Crippen LogP contribution >= 0.6 is 27.3 Å². The number of hydrogen-bond donors (Lipinski definition) is 2. The highest BCUT2D eigenvalue weighted by molar-refractivity contribution is 9.10. The van der Waals surface area contributed by atoms with Crippen molar-refractivity contribution in [2.24, 2.45) is 0 Å². The predicted octanol–water partition coefficient (Wildman–Crippen LogP) is 4.20. The van der Waals surface area contributed by atoms with Crippen LogP contribution in [0.4, 0.5) is 10.8 Å². The van der Waals surface area contributed by atoms with Crippen LogP contribution in [0.2, 0.25) is 0 Å². The summed E-state index contributed by atoms with van der Waals surface area (Å²) in [7, 11) is 0. The molecular weight excluding hydrogens is 390 g/mol. The van der Waals surface area contributed by atoms with E-state index in [1.165, 1.54) is 18.3 Å². The Hall–Kier alpha value is -2.25. The Morgan fingerprint density at radius 2 is 1.88 bits per heavy atom. The number of nitrogens with one attached hydrogen (secondary N) is 2. The highest BCUT2D eigenvalue weighted by Gasteiger charge is 2.09. The lowest BCUT2D eigenvalue weighted by molar-refractivity contribution is -0.116. The lowest BCUT2D eigenvalue weighted by atomic mass is 10.1. The van der Waals surface area contributed by atoms with Gasteiger partial charge in [0.05, 0.1) is 16.6 Å². The Bertz CT molecular complexity index is 906. The minimum Gasteiger partial charge on any atom is -0.326 e. The number of carbonyl (C=O) groups is 2. The molecule has 0 spiro atoms. The second-order valence-electron chi connectivity index (χ2n) is 5.23. The maximum atomic E-state index is 12.1. The molecule has 0 aliphatic carbocycles. The van der Waals surface area contributed by atoms with Crippen LogP contribution in [0, 0.1) is 0 Å². The van der Waals surface area contributed by atoms with E-state index in [9.17, 15) is 9.59 Å². The molecule has 3 aromatic rings. The molecule has 0 aliphatic rings. The first-order valence-electron chi connectivity index (χ1n) is 7.22. The normalized spacial score (nSPS) is 10.6. The summed E-state index contributed by atoms with van der Waals surface area (Å²) in [6.45, 7) is 1.46. The molecule has 0 fully saturated rings. The lowest BCUT2D eigenvalue weighted by Gasteiger charge is -2.02. The van der Waals surface area contributed by atoms with Crippen LogP contribution in [0.3, 0.4) is 0 Å². The molecule has 0 atom stereocenters. The number of aromatic nitrogens is 1. The van der Waals surface area contributed by atoms with Crippen molar-refractivity contribution in [3.05, 3.63) is 52.5 Å². The summed E-state index contributed by atoms with van der Waals surface area (Å²) in [5.74, 6) is -0.236. The van der Waals surface area contributed by atoms with Crippen LogP contribution in [0.15, 0.2) is 46.9 Å². The first kappa shape index (κ1) is 16.6. The first-order chi connectivity index (χ1) is 11.5. The van der Waals surface area contributed by atoms with Gasteiger partial charge in [-0.15, -0.1) is 0 Å². The van der Waals surface area contributed by atoms with Gasteiger partial charge in [0.25, 0.3) is 0 Å². The van der Waals surface area contributed by atoms with Crippen molar-refractivity contribution in [2.75, 3.05) is 10.6 Å². The van der Waals surface area contributed by atoms with E-state index in [1.807, 2.05) is 36.4 Å². The summed E-state index contributed by atoms with van der Waals surface area (Å²) in [5.41, 5.74) is 2.43. The van der Waals surface area contributed by atoms with Gasteiger partial charge in [-0.05, 0) is 35.9 Å². The van der Waals surface area contributed by atoms with Gasteiger partial charge in [-0.1, -0.05) is 39.4 Å². The van der Waals surface area contributed by atoms with E-state index >= 15 is 0 Å². The molecule has 2 aromatic carbocycles. The van der Waals surface area contributed by atoms with E-state index < -0.39 is 0 Å². The van der Waals surface area contributed by atoms with Crippen LogP contribution in [0.5, 0.6) is 0 Å². The third-order valence-electron chi connectivity index (χ3n) is 3.23. The number of nitrogens with zero attached hydrogens (tertiary/aromatic N) is 1. The SMILES string of the molecule is CC(=O)Nc1ccc2nc(NC(=O)Cc3ccc(Br)cc3)sc2c1. The van der Waals surface area contributed by atoms with Crippen LogP contribution in [-0.2, 0) is 16.0 Å². The molecule has 3 rings (SSSR count). The van der Waals surface area contributed by atoms with Gasteiger partial charge in [0.2, 0.25) is 11.8 Å². The van der Waals surface area contributed by atoms with Crippen LogP contribution in [0.1, 0.15) is 12.5 Å². The minimum absolute atomic E-state index is 0.113. The zero-order valence-corrected chi connectivity index (χ0v) is 15.2. The molecule has 0 aliphatic heterocycles. The Balaban J connectivity index is 1.71. The quantitative estimate of drug-likeness (QED) is 0.685. The van der Waals surface area contributed by atoms with E-state index in [-0.39, 0.29) is 11.8 Å². The van der Waals surface area contributed by atoms with Gasteiger partial charge in [0.15, 0.2) is 5.13 Å². The zero-order valence-electron chi connectivity index (χ0n) is 12.8. The second-order valence-corrected chi connectivity index (χ2v) is 7.18. The van der Waals surface area contributed by atoms with Crippen molar-refractivity contribution < 1.29 is 9.59 Å². The fourth-order valence-electron chi connectivity index (χ4n) is 2.21. The monoisotopic (exact) mass is 403 g/mol. The van der Waals surface area contributed by atoms with Gasteiger partial charge in [0, 0.05) is 17.1 Å². The molecule has 0 unspecified atom stereocenters. The van der Waals surface area contributed by atoms with Crippen LogP contribution < -0.4 is 10.6 Å². The van der Waals surface area contributed by atoms with E-state index in [4.69, 9.17) is 0 Å². The number of carbonyl (C=O) groups excluding carboxylic acids is 2. The molecule has 5 nitrogen and oxygen atoms in total. The Kier molecular flexibility index (Phi) is 4.92. The molecule has 0 bridgehead atoms. The van der Waals surface area contributed by atoms with Crippen LogP contribution in [0.25, 0.3) is 10.2 Å². The highest BCUT2D eigenvalue weighted by Crippen LogP contribution is 2.28. The molecule has 0 saturated heterocycles. The predicted molar refractivity (Wildman–Crippen MR) is 100 cm³/mol. The summed E-state index contributed by atoms with van der Waals surface area (Å²) in [5, 5.41) is 6.11. The van der Waals surface area contributed by atoms with Gasteiger partial charge < -0.3 is 10.6 Å². The molecule has 1 heterocycles. The number of thiazole rings is 1. The number of halogens is 1. The number of anilines is 2. The maximum absolute atomic E-state index is 12.1. The van der Waals surface area contributed by atoms with E-state index in [2.05, 4.69) is 31.5 Å². The molecule has 0 radical (unpaired) electrons. The number of rotatable bonds is 4. The summed E-state index contributed by atoms with van der Waals surface area (Å²) < 4.78 is 1.88. The van der Waals surface area contributed by atoms with Gasteiger partial charge in [-0.2, -0.15) is 0 Å². The average Bonchev–Trinajstić information content (AvgIpc) is 2.90. The summed E-state index contributed by atoms with van der Waals surface area (Å²) in [4.78, 5) is 27.6. The standard InChI is InChI=1S/C17H14BrN3O2S/c1-10(22)19-13-6-7-14-15(9-13)24-17(20-14)21-16(23)8-11-2-4-12(18)5-3-11/h2-7,9H,8H2,1H3,(H,19,22)(H,20,21,23). The van der Waals surface area contributed by atoms with E-state index in [0.29, 0.717) is 17.2 Å². The second kappa shape index (κ2) is 7.11. The van der Waals surface area contributed by atoms with Crippen LogP contribution in [-0.4, -0.2) is 16.8 Å². The zero-order chi connectivity index (χ0) is 17.1. The molecular formula is C17H14BrN3O2S. The van der Waals surface area contributed by atoms with Crippen molar-refractivity contribution >= 4 is 60.1 Å². The summed E-state index contributed by atoms with van der Waals surface area (Å²) in [6.07, 6.45) is 0.292. The van der Waals surface area contributed by atoms with E-state index in [1.54, 1.807) is 6.07 Å². The van der Waals surface area contributed by atoms with Gasteiger partial charge in [0.1, 0.15) is 0 Å². The third-order valence-corrected chi connectivity index (χ3v) is 4.70. The molecule has 122 valence electrons. The number of benzene rings is 2. The minimum atomic E-state index is -0.123. The number of fused-ring (bicyclic) bond motifs is 1. The molecule has 24 heavy (non-hydrogen) atoms. The van der Waals surface area contributed by atoms with Crippen molar-refractivity contribution in [3.63, 3.8) is 0 Å². The number of amides is 2. The smallest absolute Gasteiger partial charge is 0.230 e. The molecule has 7 heteroatoms. The fraction of sp³-hybridized carbons (Fsp3) is 0.118. The Morgan fingerprint density at radius 1 is 1.12 bits per heavy atom. The first-order valence-corrected chi connectivity index (χ1v) is 8.83. The van der Waals surface area contributed by atoms with Crippen molar-refractivity contribution in [1.82, 2.24) is 4.98 Å². The maximum Gasteiger partial charge on any atom is 0.230 e. The summed E-state index contributed by atoms with van der Waals surface area (Å²) in [6, 6.07) is 13.1.